The maximum Gasteiger partial charge on any atom is 0.249 e. The molecule has 9 heteroatoms. The second kappa shape index (κ2) is 5.32. The molecular weight excluding hydrogens is 308 g/mol. The van der Waals surface area contributed by atoms with Crippen LogP contribution in [0.1, 0.15) is 26.2 Å². The Labute approximate surface area is 129 Å². The Kier molecular flexibility index (Phi) is 3.74. The summed E-state index contributed by atoms with van der Waals surface area (Å²) in [6.45, 7) is 3.07. The molecule has 1 spiro atoms. The van der Waals surface area contributed by atoms with E-state index in [0.717, 1.165) is 0 Å². The number of rotatable bonds is 3. The zero-order valence-electron chi connectivity index (χ0n) is 12.7. The van der Waals surface area contributed by atoms with Crippen LogP contribution in [0.2, 0.25) is 0 Å². The van der Waals surface area contributed by atoms with Gasteiger partial charge in [-0.1, -0.05) is 0 Å². The molecule has 0 atom stereocenters. The van der Waals surface area contributed by atoms with Crippen molar-refractivity contribution in [3.8, 4) is 0 Å². The Morgan fingerprint density at radius 2 is 2.05 bits per heavy atom. The molecule has 0 saturated carbocycles. The number of hydrogen-bond donors (Lipinski definition) is 0. The fourth-order valence-corrected chi connectivity index (χ4v) is 4.43. The van der Waals surface area contributed by atoms with Crippen LogP contribution in [0.4, 0.5) is 0 Å². The maximum absolute atomic E-state index is 12.5. The van der Waals surface area contributed by atoms with Crippen molar-refractivity contribution in [2.75, 3.05) is 19.6 Å². The normalized spacial score (nSPS) is 22.6. The molecule has 8 nitrogen and oxygen atoms in total. The van der Waals surface area contributed by atoms with Gasteiger partial charge in [0.25, 0.3) is 0 Å². The van der Waals surface area contributed by atoms with E-state index in [4.69, 9.17) is 4.84 Å². The molecule has 1 amide bonds. The molecule has 3 heterocycles. The first kappa shape index (κ1) is 15.4. The third-order valence-electron chi connectivity index (χ3n) is 4.30. The Morgan fingerprint density at radius 3 is 2.55 bits per heavy atom. The minimum absolute atomic E-state index is 0.0222. The van der Waals surface area contributed by atoms with Crippen molar-refractivity contribution in [1.82, 2.24) is 19.1 Å². The van der Waals surface area contributed by atoms with E-state index in [1.165, 1.54) is 26.4 Å². The van der Waals surface area contributed by atoms with Crippen molar-refractivity contribution in [3.05, 3.63) is 12.4 Å². The number of amides is 1. The third-order valence-corrected chi connectivity index (χ3v) is 6.15. The van der Waals surface area contributed by atoms with Crippen LogP contribution in [0.15, 0.2) is 17.3 Å². The number of carbonyl (C=O) groups excluding carboxylic acids is 1. The monoisotopic (exact) mass is 328 g/mol. The molecule has 2 aliphatic heterocycles. The molecule has 3 rings (SSSR count). The summed E-state index contributed by atoms with van der Waals surface area (Å²) in [4.78, 5) is 17.8. The molecule has 1 aromatic heterocycles. The summed E-state index contributed by atoms with van der Waals surface area (Å²) in [6, 6.07) is 0. The molecule has 2 fully saturated rings. The Hall–Kier alpha value is -1.45. The molecule has 0 unspecified atom stereocenters. The lowest BCUT2D eigenvalue weighted by Gasteiger charge is -2.36. The van der Waals surface area contributed by atoms with Crippen LogP contribution < -0.4 is 0 Å². The number of aryl methyl sites for hydroxylation is 1. The summed E-state index contributed by atoms with van der Waals surface area (Å²) >= 11 is 0. The molecular formula is C13H20N4O4S. The molecule has 0 aliphatic carbocycles. The Bertz CT molecular complexity index is 676. The highest BCUT2D eigenvalue weighted by Crippen LogP contribution is 2.37. The number of hydroxylamine groups is 2. The predicted octanol–water partition coefficient (Wildman–Crippen LogP) is 0.127. The van der Waals surface area contributed by atoms with Crippen molar-refractivity contribution in [1.29, 1.82) is 0 Å². The lowest BCUT2D eigenvalue weighted by molar-refractivity contribution is -0.206. The van der Waals surface area contributed by atoms with Gasteiger partial charge in [-0.2, -0.15) is 9.40 Å². The van der Waals surface area contributed by atoms with Gasteiger partial charge in [0.15, 0.2) is 0 Å². The first-order valence-corrected chi connectivity index (χ1v) is 8.79. The number of carbonyl (C=O) groups is 1. The van der Waals surface area contributed by atoms with E-state index in [1.54, 1.807) is 7.05 Å². The Balaban J connectivity index is 1.71. The van der Waals surface area contributed by atoms with Gasteiger partial charge in [-0.15, -0.1) is 0 Å². The van der Waals surface area contributed by atoms with Gasteiger partial charge in [0.05, 0.1) is 12.6 Å². The first-order chi connectivity index (χ1) is 10.4. The van der Waals surface area contributed by atoms with Gasteiger partial charge in [0, 0.05) is 32.9 Å². The third kappa shape index (κ3) is 2.53. The average molecular weight is 328 g/mol. The molecule has 0 N–H and O–H groups in total. The first-order valence-electron chi connectivity index (χ1n) is 7.35. The molecule has 0 radical (unpaired) electrons. The zero-order chi connectivity index (χ0) is 16.0. The van der Waals surface area contributed by atoms with Crippen LogP contribution in [0.25, 0.3) is 0 Å². The van der Waals surface area contributed by atoms with Gasteiger partial charge in [0.2, 0.25) is 15.9 Å². The molecule has 2 aliphatic rings. The van der Waals surface area contributed by atoms with Gasteiger partial charge in [-0.05, 0) is 19.8 Å². The summed E-state index contributed by atoms with van der Waals surface area (Å²) in [5, 5.41) is 5.29. The van der Waals surface area contributed by atoms with Crippen molar-refractivity contribution < 1.29 is 18.0 Å². The van der Waals surface area contributed by atoms with Crippen LogP contribution in [0.5, 0.6) is 0 Å². The van der Waals surface area contributed by atoms with E-state index >= 15 is 0 Å². The molecule has 0 bridgehead atoms. The van der Waals surface area contributed by atoms with Gasteiger partial charge in [-0.25, -0.2) is 13.5 Å². The number of aromatic nitrogens is 2. The standard InChI is InChI=1S/C13H20N4O4S/c1-3-17-12(18)8-13(21-17)4-6-16(7-5-13)22(19,20)11-9-14-15(2)10-11/h9-10H,3-8H2,1-2H3. The predicted molar refractivity (Wildman–Crippen MR) is 77.0 cm³/mol. The largest absolute Gasteiger partial charge is 0.274 e. The van der Waals surface area contributed by atoms with Crippen molar-refractivity contribution >= 4 is 15.9 Å². The van der Waals surface area contributed by atoms with Crippen molar-refractivity contribution in [2.24, 2.45) is 7.05 Å². The number of nitrogens with zero attached hydrogens (tertiary/aromatic N) is 4. The summed E-state index contributed by atoms with van der Waals surface area (Å²) in [7, 11) is -1.84. The van der Waals surface area contributed by atoms with Crippen molar-refractivity contribution in [2.45, 2.75) is 36.7 Å². The molecule has 1 aromatic rings. The van der Waals surface area contributed by atoms with E-state index in [-0.39, 0.29) is 10.8 Å². The smallest absolute Gasteiger partial charge is 0.249 e. The van der Waals surface area contributed by atoms with Gasteiger partial charge < -0.3 is 0 Å². The maximum atomic E-state index is 12.5. The van der Waals surface area contributed by atoms with Crippen LogP contribution in [-0.4, -0.2) is 58.7 Å². The highest BCUT2D eigenvalue weighted by molar-refractivity contribution is 7.89. The van der Waals surface area contributed by atoms with Crippen molar-refractivity contribution in [3.63, 3.8) is 0 Å². The van der Waals surface area contributed by atoms with Crippen LogP contribution >= 0.6 is 0 Å². The second-order valence-corrected chi connectivity index (χ2v) is 7.73. The molecule has 2 saturated heterocycles. The minimum Gasteiger partial charge on any atom is -0.274 e. The van der Waals surface area contributed by atoms with E-state index in [0.29, 0.717) is 38.9 Å². The fourth-order valence-electron chi connectivity index (χ4n) is 3.00. The number of hydrogen-bond acceptors (Lipinski definition) is 5. The van der Waals surface area contributed by atoms with Gasteiger partial charge in [-0.3, -0.25) is 14.3 Å². The van der Waals surface area contributed by atoms with E-state index in [2.05, 4.69) is 5.10 Å². The summed E-state index contributed by atoms with van der Waals surface area (Å²) in [5.74, 6) is -0.0222. The van der Waals surface area contributed by atoms with E-state index < -0.39 is 15.6 Å². The van der Waals surface area contributed by atoms with Crippen LogP contribution in [0.3, 0.4) is 0 Å². The highest BCUT2D eigenvalue weighted by Gasteiger charge is 2.48. The number of piperidine rings is 1. The highest BCUT2D eigenvalue weighted by atomic mass is 32.2. The van der Waals surface area contributed by atoms with E-state index in [1.807, 2.05) is 6.92 Å². The van der Waals surface area contributed by atoms with Gasteiger partial charge in [0.1, 0.15) is 10.5 Å². The second-order valence-electron chi connectivity index (χ2n) is 5.79. The molecule has 0 aromatic carbocycles. The zero-order valence-corrected chi connectivity index (χ0v) is 13.5. The van der Waals surface area contributed by atoms with E-state index in [9.17, 15) is 13.2 Å². The average Bonchev–Trinajstić information content (AvgIpc) is 3.04. The van der Waals surface area contributed by atoms with Crippen LogP contribution in [-0.2, 0) is 26.7 Å². The summed E-state index contributed by atoms with van der Waals surface area (Å²) in [6.07, 6.45) is 4.23. The lowest BCUT2D eigenvalue weighted by Crippen LogP contribution is -2.46. The fraction of sp³-hybridized carbons (Fsp3) is 0.692. The molecule has 22 heavy (non-hydrogen) atoms. The summed E-state index contributed by atoms with van der Waals surface area (Å²) < 4.78 is 28.0. The van der Waals surface area contributed by atoms with Gasteiger partial charge >= 0.3 is 0 Å². The number of sulfonamides is 1. The Morgan fingerprint density at radius 1 is 1.36 bits per heavy atom. The lowest BCUT2D eigenvalue weighted by atomic mass is 9.89. The minimum atomic E-state index is -3.52. The molecule has 122 valence electrons. The summed E-state index contributed by atoms with van der Waals surface area (Å²) in [5.41, 5.74) is -0.534. The SMILES string of the molecule is CCN1OC2(CCN(S(=O)(=O)c3cnn(C)c3)CC2)CC1=O. The topological polar surface area (TPSA) is 84.7 Å². The van der Waals surface area contributed by atoms with Crippen LogP contribution in [0, 0.1) is 0 Å². The quantitative estimate of drug-likeness (QED) is 0.787.